The normalized spacial score (nSPS) is 15.8. The lowest BCUT2D eigenvalue weighted by Gasteiger charge is -2.20. The second-order valence-electron chi connectivity index (χ2n) is 5.04. The summed E-state index contributed by atoms with van der Waals surface area (Å²) in [4.78, 5) is 0. The van der Waals surface area contributed by atoms with Crippen LogP contribution in [0.1, 0.15) is 11.1 Å². The Morgan fingerprint density at radius 3 is 2.95 bits per heavy atom. The highest BCUT2D eigenvalue weighted by Gasteiger charge is 2.31. The van der Waals surface area contributed by atoms with Gasteiger partial charge in [-0.1, -0.05) is 47.8 Å². The first-order valence-electron chi connectivity index (χ1n) is 6.73. The van der Waals surface area contributed by atoms with Crippen LogP contribution >= 0.6 is 23.5 Å². The van der Waals surface area contributed by atoms with Crippen molar-refractivity contribution in [1.82, 2.24) is 0 Å². The molecule has 0 saturated heterocycles. The Kier molecular flexibility index (Phi) is 2.85. The molecule has 1 aliphatic heterocycles. The summed E-state index contributed by atoms with van der Waals surface area (Å²) in [5.74, 6) is 1.22. The molecule has 3 heteroatoms. The van der Waals surface area contributed by atoms with Gasteiger partial charge in [0.1, 0.15) is 0 Å². The summed E-state index contributed by atoms with van der Waals surface area (Å²) in [6.45, 7) is 1.17. The van der Waals surface area contributed by atoms with Crippen LogP contribution in [0.5, 0.6) is 0 Å². The fourth-order valence-electron chi connectivity index (χ4n) is 3.22. The highest BCUT2D eigenvalue weighted by atomic mass is 32.2. The average molecular weight is 286 g/mol. The zero-order chi connectivity index (χ0) is 12.8. The van der Waals surface area contributed by atoms with Crippen LogP contribution in [-0.2, 0) is 19.4 Å². The minimum atomic E-state index is 1.17. The Balaban J connectivity index is 2.02. The predicted molar refractivity (Wildman–Crippen MR) is 82.0 cm³/mol. The van der Waals surface area contributed by atoms with E-state index in [2.05, 4.69) is 41.2 Å². The van der Waals surface area contributed by atoms with Crippen molar-refractivity contribution in [3.63, 3.8) is 0 Å². The molecule has 19 heavy (non-hydrogen) atoms. The maximum absolute atomic E-state index is 2.52. The van der Waals surface area contributed by atoms with Gasteiger partial charge in [0.15, 0.2) is 6.54 Å². The highest BCUT2D eigenvalue weighted by molar-refractivity contribution is 7.99. The van der Waals surface area contributed by atoms with Crippen molar-refractivity contribution in [3.8, 4) is 11.1 Å². The first-order valence-corrected chi connectivity index (χ1v) is 8.94. The molecular weight excluding hydrogens is 270 g/mol. The number of pyridine rings is 1. The molecule has 0 amide bonds. The van der Waals surface area contributed by atoms with E-state index in [1.165, 1.54) is 51.9 Å². The van der Waals surface area contributed by atoms with Crippen molar-refractivity contribution in [2.24, 2.45) is 0 Å². The van der Waals surface area contributed by atoms with Gasteiger partial charge >= 0.3 is 0 Å². The van der Waals surface area contributed by atoms with E-state index in [0.29, 0.717) is 0 Å². The summed E-state index contributed by atoms with van der Waals surface area (Å²) in [6.07, 6.45) is 4.59. The van der Waals surface area contributed by atoms with E-state index in [4.69, 9.17) is 0 Å². The van der Waals surface area contributed by atoms with Crippen LogP contribution in [0, 0.1) is 0 Å². The number of aromatic nitrogens is 1. The molecule has 96 valence electrons. The van der Waals surface area contributed by atoms with Crippen molar-refractivity contribution in [2.75, 3.05) is 12.0 Å². The second kappa shape index (κ2) is 4.57. The van der Waals surface area contributed by atoms with Crippen LogP contribution in [0.4, 0.5) is 0 Å². The van der Waals surface area contributed by atoms with Crippen LogP contribution in [0.3, 0.4) is 0 Å². The van der Waals surface area contributed by atoms with Crippen LogP contribution in [0.15, 0.2) is 40.4 Å². The van der Waals surface area contributed by atoms with Crippen molar-refractivity contribution in [3.05, 3.63) is 41.5 Å². The number of benzene rings is 1. The molecule has 1 aromatic heterocycles. The fraction of sp³-hybridized carbons (Fsp3) is 0.312. The molecule has 0 atom stereocenters. The van der Waals surface area contributed by atoms with E-state index in [1.807, 2.05) is 23.5 Å². The molecule has 2 aliphatic rings. The summed E-state index contributed by atoms with van der Waals surface area (Å²) in [7, 11) is 0. The highest BCUT2D eigenvalue weighted by Crippen LogP contribution is 2.39. The zero-order valence-corrected chi connectivity index (χ0v) is 12.6. The van der Waals surface area contributed by atoms with Gasteiger partial charge in [-0.25, -0.2) is 0 Å². The van der Waals surface area contributed by atoms with E-state index >= 15 is 0 Å². The molecule has 0 bridgehead atoms. The standard InChI is InChI=1S/C16H16NS2/c1-18-16-13-7-6-11-4-2-3-5-12(11)14(13)10-15-17(16)8-9-19-15/h2-5,10H,6-9H2,1H3/q+1. The lowest BCUT2D eigenvalue weighted by Crippen LogP contribution is -2.37. The summed E-state index contributed by atoms with van der Waals surface area (Å²) in [5, 5.41) is 2.94. The zero-order valence-electron chi connectivity index (χ0n) is 11.0. The van der Waals surface area contributed by atoms with Gasteiger partial charge in [-0.05, 0) is 35.8 Å². The molecule has 0 spiro atoms. The lowest BCUT2D eigenvalue weighted by atomic mass is 9.87. The van der Waals surface area contributed by atoms with Gasteiger partial charge in [0.25, 0.3) is 0 Å². The minimum Gasteiger partial charge on any atom is -0.180 e. The quantitative estimate of drug-likeness (QED) is 0.583. The van der Waals surface area contributed by atoms with Gasteiger partial charge < -0.3 is 0 Å². The second-order valence-corrected chi connectivity index (χ2v) is 6.95. The van der Waals surface area contributed by atoms with E-state index in [-0.39, 0.29) is 0 Å². The van der Waals surface area contributed by atoms with E-state index in [0.717, 1.165) is 0 Å². The lowest BCUT2D eigenvalue weighted by molar-refractivity contribution is -0.758. The van der Waals surface area contributed by atoms with Gasteiger partial charge in [-0.2, -0.15) is 4.57 Å². The third-order valence-corrected chi connectivity index (χ3v) is 5.95. The van der Waals surface area contributed by atoms with Crippen molar-refractivity contribution in [2.45, 2.75) is 29.4 Å². The molecule has 0 unspecified atom stereocenters. The van der Waals surface area contributed by atoms with Crippen LogP contribution in [-0.4, -0.2) is 12.0 Å². The monoisotopic (exact) mass is 286 g/mol. The molecular formula is C16H16NS2+. The molecule has 0 N–H and O–H groups in total. The number of thioether (sulfide) groups is 2. The van der Waals surface area contributed by atoms with Crippen LogP contribution in [0.2, 0.25) is 0 Å². The number of aryl methyl sites for hydroxylation is 1. The Morgan fingerprint density at radius 2 is 2.05 bits per heavy atom. The number of nitrogens with zero attached hydrogens (tertiary/aromatic N) is 1. The molecule has 0 fully saturated rings. The van der Waals surface area contributed by atoms with Gasteiger partial charge in [-0.15, -0.1) is 0 Å². The third kappa shape index (κ3) is 1.75. The molecule has 0 saturated carbocycles. The number of hydrogen-bond donors (Lipinski definition) is 0. The molecule has 1 nitrogen and oxygen atoms in total. The Hall–Kier alpha value is -0.930. The molecule has 0 radical (unpaired) electrons. The van der Waals surface area contributed by atoms with Gasteiger partial charge in [0, 0.05) is 11.6 Å². The van der Waals surface area contributed by atoms with Crippen molar-refractivity contribution in [1.29, 1.82) is 0 Å². The van der Waals surface area contributed by atoms with Gasteiger partial charge in [0.2, 0.25) is 10.1 Å². The summed E-state index contributed by atoms with van der Waals surface area (Å²) in [6, 6.07) is 11.3. The van der Waals surface area contributed by atoms with E-state index < -0.39 is 0 Å². The molecule has 2 heterocycles. The molecule has 4 rings (SSSR count). The third-order valence-electron chi connectivity index (χ3n) is 4.07. The minimum absolute atomic E-state index is 1.17. The Morgan fingerprint density at radius 1 is 1.16 bits per heavy atom. The average Bonchev–Trinajstić information content (AvgIpc) is 2.92. The number of rotatable bonds is 1. The van der Waals surface area contributed by atoms with Crippen molar-refractivity contribution >= 4 is 23.5 Å². The molecule has 2 aromatic rings. The number of fused-ring (bicyclic) bond motifs is 4. The summed E-state index contributed by atoms with van der Waals surface area (Å²) >= 11 is 3.91. The van der Waals surface area contributed by atoms with Gasteiger partial charge in [-0.3, -0.25) is 0 Å². The maximum Gasteiger partial charge on any atom is 0.244 e. The smallest absolute Gasteiger partial charge is 0.180 e. The van der Waals surface area contributed by atoms with Crippen LogP contribution < -0.4 is 4.57 Å². The van der Waals surface area contributed by atoms with Gasteiger partial charge in [0.05, 0.1) is 5.75 Å². The van der Waals surface area contributed by atoms with Crippen LogP contribution in [0.25, 0.3) is 11.1 Å². The first-order chi connectivity index (χ1) is 9.38. The van der Waals surface area contributed by atoms with E-state index in [9.17, 15) is 0 Å². The SMILES string of the molecule is CSc1c2c(cc3[n+]1CCS3)-c1ccccc1CC2. The Labute approximate surface area is 122 Å². The fourth-order valence-corrected chi connectivity index (χ4v) is 5.16. The predicted octanol–water partition coefficient (Wildman–Crippen LogP) is 3.57. The van der Waals surface area contributed by atoms with E-state index in [1.54, 1.807) is 5.56 Å². The topological polar surface area (TPSA) is 3.88 Å². The van der Waals surface area contributed by atoms with Crippen molar-refractivity contribution < 1.29 is 4.57 Å². The maximum atomic E-state index is 2.52. The summed E-state index contributed by atoms with van der Waals surface area (Å²) < 4.78 is 2.52. The molecule has 1 aromatic carbocycles. The largest absolute Gasteiger partial charge is 0.244 e. The molecule has 1 aliphatic carbocycles. The Bertz CT molecular complexity index is 664. The number of hydrogen-bond acceptors (Lipinski definition) is 2. The first kappa shape index (κ1) is 11.9. The summed E-state index contributed by atoms with van der Waals surface area (Å²) in [5.41, 5.74) is 6.01.